The van der Waals surface area contributed by atoms with Crippen LogP contribution in [0.15, 0.2) is 42.5 Å². The zero-order chi connectivity index (χ0) is 13.0. The molecule has 0 saturated heterocycles. The van der Waals surface area contributed by atoms with Gasteiger partial charge in [0, 0.05) is 28.7 Å². The fourth-order valence-electron chi connectivity index (χ4n) is 1.60. The average Bonchev–Trinajstić information content (AvgIpc) is 2.39. The summed E-state index contributed by atoms with van der Waals surface area (Å²) in [6.45, 7) is 0.353. The molecule has 0 atom stereocenters. The molecular weight excluding hydrogens is 272 g/mol. The molecular formula is C14H12Cl2FN. The SMILES string of the molecule is Fc1cccc(Cl)c1CNc1ccc(CCl)cc1. The number of halogens is 3. The summed E-state index contributed by atoms with van der Waals surface area (Å²) in [7, 11) is 0. The minimum atomic E-state index is -0.299. The van der Waals surface area contributed by atoms with Crippen LogP contribution in [0.1, 0.15) is 11.1 Å². The Morgan fingerprint density at radius 1 is 1.06 bits per heavy atom. The topological polar surface area (TPSA) is 12.0 Å². The molecule has 18 heavy (non-hydrogen) atoms. The van der Waals surface area contributed by atoms with E-state index in [1.165, 1.54) is 6.07 Å². The first kappa shape index (κ1) is 13.2. The highest BCUT2D eigenvalue weighted by Crippen LogP contribution is 2.20. The molecule has 2 aromatic rings. The van der Waals surface area contributed by atoms with E-state index in [-0.39, 0.29) is 5.82 Å². The van der Waals surface area contributed by atoms with E-state index in [1.54, 1.807) is 12.1 Å². The monoisotopic (exact) mass is 283 g/mol. The number of anilines is 1. The van der Waals surface area contributed by atoms with E-state index in [1.807, 2.05) is 24.3 Å². The van der Waals surface area contributed by atoms with Gasteiger partial charge < -0.3 is 5.32 Å². The second kappa shape index (κ2) is 6.07. The van der Waals surface area contributed by atoms with E-state index in [2.05, 4.69) is 5.32 Å². The summed E-state index contributed by atoms with van der Waals surface area (Å²) >= 11 is 11.7. The van der Waals surface area contributed by atoms with Crippen molar-refractivity contribution >= 4 is 28.9 Å². The van der Waals surface area contributed by atoms with Crippen molar-refractivity contribution in [2.75, 3.05) is 5.32 Å². The first-order chi connectivity index (χ1) is 8.70. The fraction of sp³-hybridized carbons (Fsp3) is 0.143. The van der Waals surface area contributed by atoms with Crippen LogP contribution in [-0.2, 0) is 12.4 Å². The molecule has 0 radical (unpaired) electrons. The third-order valence-corrected chi connectivity index (χ3v) is 3.30. The fourth-order valence-corrected chi connectivity index (χ4v) is 2.01. The van der Waals surface area contributed by atoms with Gasteiger partial charge in [0.15, 0.2) is 0 Å². The summed E-state index contributed by atoms with van der Waals surface area (Å²) < 4.78 is 13.5. The average molecular weight is 284 g/mol. The number of rotatable bonds is 4. The Labute approximate surface area is 116 Å². The third-order valence-electron chi connectivity index (χ3n) is 2.64. The van der Waals surface area contributed by atoms with Gasteiger partial charge in [-0.15, -0.1) is 11.6 Å². The third kappa shape index (κ3) is 3.15. The van der Waals surface area contributed by atoms with Crippen LogP contribution in [-0.4, -0.2) is 0 Å². The van der Waals surface area contributed by atoms with E-state index in [0.29, 0.717) is 23.0 Å². The maximum absolute atomic E-state index is 13.5. The maximum Gasteiger partial charge on any atom is 0.129 e. The van der Waals surface area contributed by atoms with Crippen molar-refractivity contribution in [1.29, 1.82) is 0 Å². The van der Waals surface area contributed by atoms with Crippen molar-refractivity contribution in [1.82, 2.24) is 0 Å². The molecule has 94 valence electrons. The summed E-state index contributed by atoms with van der Waals surface area (Å²) in [5, 5.41) is 3.56. The number of hydrogen-bond acceptors (Lipinski definition) is 1. The van der Waals surface area contributed by atoms with E-state index in [4.69, 9.17) is 23.2 Å². The molecule has 0 spiro atoms. The van der Waals surface area contributed by atoms with Gasteiger partial charge in [0.2, 0.25) is 0 Å². The van der Waals surface area contributed by atoms with Gasteiger partial charge in [-0.25, -0.2) is 4.39 Å². The number of alkyl halides is 1. The highest BCUT2D eigenvalue weighted by molar-refractivity contribution is 6.31. The summed E-state index contributed by atoms with van der Waals surface area (Å²) in [4.78, 5) is 0. The van der Waals surface area contributed by atoms with Gasteiger partial charge in [0.25, 0.3) is 0 Å². The Hall–Kier alpha value is -1.25. The molecule has 0 aromatic heterocycles. The lowest BCUT2D eigenvalue weighted by molar-refractivity contribution is 0.613. The van der Waals surface area contributed by atoms with Crippen molar-refractivity contribution in [2.24, 2.45) is 0 Å². The first-order valence-electron chi connectivity index (χ1n) is 5.52. The van der Waals surface area contributed by atoms with Crippen molar-refractivity contribution in [3.05, 3.63) is 64.4 Å². The van der Waals surface area contributed by atoms with Crippen LogP contribution in [0.2, 0.25) is 5.02 Å². The maximum atomic E-state index is 13.5. The van der Waals surface area contributed by atoms with E-state index in [9.17, 15) is 4.39 Å². The van der Waals surface area contributed by atoms with Crippen molar-refractivity contribution in [3.63, 3.8) is 0 Å². The standard InChI is InChI=1S/C14H12Cl2FN/c15-8-10-4-6-11(7-5-10)18-9-12-13(16)2-1-3-14(12)17/h1-7,18H,8-9H2. The zero-order valence-corrected chi connectivity index (χ0v) is 11.1. The van der Waals surface area contributed by atoms with Gasteiger partial charge in [-0.05, 0) is 29.8 Å². The molecule has 0 unspecified atom stereocenters. The molecule has 0 aliphatic carbocycles. The molecule has 0 fully saturated rings. The van der Waals surface area contributed by atoms with E-state index < -0.39 is 0 Å². The zero-order valence-electron chi connectivity index (χ0n) is 9.59. The van der Waals surface area contributed by atoms with Crippen LogP contribution in [0.25, 0.3) is 0 Å². The molecule has 2 aromatic carbocycles. The van der Waals surface area contributed by atoms with Crippen LogP contribution in [0.4, 0.5) is 10.1 Å². The molecule has 0 aliphatic heterocycles. The quantitative estimate of drug-likeness (QED) is 0.793. The molecule has 4 heteroatoms. The normalized spacial score (nSPS) is 10.4. The summed E-state index contributed by atoms with van der Waals surface area (Å²) in [6, 6.07) is 12.4. The predicted octanol–water partition coefficient (Wildman–Crippen LogP) is 4.83. The van der Waals surface area contributed by atoms with E-state index in [0.717, 1.165) is 11.3 Å². The van der Waals surface area contributed by atoms with Crippen LogP contribution in [0, 0.1) is 5.82 Å². The highest BCUT2D eigenvalue weighted by Gasteiger charge is 2.06. The Kier molecular flexibility index (Phi) is 4.45. The smallest absolute Gasteiger partial charge is 0.129 e. The minimum absolute atomic E-state index is 0.299. The Morgan fingerprint density at radius 3 is 2.39 bits per heavy atom. The second-order valence-corrected chi connectivity index (χ2v) is 4.56. The molecule has 2 rings (SSSR count). The highest BCUT2D eigenvalue weighted by atomic mass is 35.5. The predicted molar refractivity (Wildman–Crippen MR) is 74.7 cm³/mol. The van der Waals surface area contributed by atoms with Crippen molar-refractivity contribution in [2.45, 2.75) is 12.4 Å². The van der Waals surface area contributed by atoms with Crippen molar-refractivity contribution < 1.29 is 4.39 Å². The first-order valence-corrected chi connectivity index (χ1v) is 6.43. The Bertz CT molecular complexity index is 506. The lowest BCUT2D eigenvalue weighted by atomic mass is 10.2. The van der Waals surface area contributed by atoms with Crippen LogP contribution >= 0.6 is 23.2 Å². The number of benzene rings is 2. The van der Waals surface area contributed by atoms with Gasteiger partial charge in [0.05, 0.1) is 0 Å². The number of hydrogen-bond donors (Lipinski definition) is 1. The minimum Gasteiger partial charge on any atom is -0.381 e. The molecule has 0 bridgehead atoms. The molecule has 1 nitrogen and oxygen atoms in total. The van der Waals surface area contributed by atoms with Gasteiger partial charge in [-0.1, -0.05) is 29.8 Å². The van der Waals surface area contributed by atoms with Gasteiger partial charge in [-0.2, -0.15) is 0 Å². The van der Waals surface area contributed by atoms with Crippen molar-refractivity contribution in [3.8, 4) is 0 Å². The molecule has 0 amide bonds. The molecule has 0 heterocycles. The van der Waals surface area contributed by atoms with Crippen LogP contribution in [0.5, 0.6) is 0 Å². The lowest BCUT2D eigenvalue weighted by Gasteiger charge is -2.09. The van der Waals surface area contributed by atoms with Crippen LogP contribution in [0.3, 0.4) is 0 Å². The Balaban J connectivity index is 2.06. The molecule has 0 aliphatic rings. The van der Waals surface area contributed by atoms with Gasteiger partial charge >= 0.3 is 0 Å². The summed E-state index contributed by atoms with van der Waals surface area (Å²) in [5.74, 6) is 0.187. The van der Waals surface area contributed by atoms with Crippen LogP contribution < -0.4 is 5.32 Å². The van der Waals surface area contributed by atoms with Gasteiger partial charge in [0.1, 0.15) is 5.82 Å². The molecule has 1 N–H and O–H groups in total. The molecule has 0 saturated carbocycles. The lowest BCUT2D eigenvalue weighted by Crippen LogP contribution is -2.02. The number of nitrogens with one attached hydrogen (secondary N) is 1. The summed E-state index contributed by atoms with van der Waals surface area (Å²) in [6.07, 6.45) is 0. The largest absolute Gasteiger partial charge is 0.381 e. The van der Waals surface area contributed by atoms with Gasteiger partial charge in [-0.3, -0.25) is 0 Å². The summed E-state index contributed by atoms with van der Waals surface area (Å²) in [5.41, 5.74) is 2.43. The second-order valence-electron chi connectivity index (χ2n) is 3.88. The van der Waals surface area contributed by atoms with E-state index >= 15 is 0 Å². The Morgan fingerprint density at radius 2 is 1.78 bits per heavy atom.